The van der Waals surface area contributed by atoms with Crippen LogP contribution in [0.3, 0.4) is 0 Å². The molecular formula is C23H19ClF3N7O2. The number of nitrogens with zero attached hydrogens (tertiary/aromatic N) is 7. The van der Waals surface area contributed by atoms with Crippen LogP contribution in [0.25, 0.3) is 22.3 Å². The first kappa shape index (κ1) is 22.9. The van der Waals surface area contributed by atoms with Crippen molar-refractivity contribution < 1.29 is 17.9 Å². The Balaban J connectivity index is 1.54. The number of fused-ring (bicyclic) bond motifs is 2. The number of aromatic nitrogens is 6. The molecule has 0 spiro atoms. The van der Waals surface area contributed by atoms with Crippen LogP contribution in [0.5, 0.6) is 0 Å². The van der Waals surface area contributed by atoms with Crippen molar-refractivity contribution in [2.45, 2.75) is 31.6 Å². The molecule has 9 nitrogen and oxygen atoms in total. The van der Waals surface area contributed by atoms with E-state index in [0.717, 1.165) is 12.5 Å². The molecule has 6 rings (SSSR count). The van der Waals surface area contributed by atoms with Gasteiger partial charge in [-0.1, -0.05) is 11.6 Å². The second-order valence-corrected chi connectivity index (χ2v) is 9.29. The maximum absolute atomic E-state index is 15.0. The first-order valence-electron chi connectivity index (χ1n) is 11.2. The van der Waals surface area contributed by atoms with Crippen molar-refractivity contribution in [2.75, 3.05) is 18.0 Å². The lowest BCUT2D eigenvalue weighted by atomic mass is 10.1. The van der Waals surface area contributed by atoms with Gasteiger partial charge >= 0.3 is 6.11 Å². The number of morpholine rings is 1. The molecule has 5 heterocycles. The normalized spacial score (nSPS) is 19.1. The summed E-state index contributed by atoms with van der Waals surface area (Å²) in [7, 11) is 1.67. The van der Waals surface area contributed by atoms with E-state index in [-0.39, 0.29) is 39.8 Å². The zero-order valence-corrected chi connectivity index (χ0v) is 19.7. The van der Waals surface area contributed by atoms with E-state index in [9.17, 15) is 13.6 Å². The molecule has 36 heavy (non-hydrogen) atoms. The number of alkyl halides is 2. The van der Waals surface area contributed by atoms with Crippen LogP contribution in [0, 0.1) is 5.82 Å². The maximum atomic E-state index is 15.0. The topological polar surface area (TPSA) is 91.0 Å². The molecule has 0 radical (unpaired) electrons. The van der Waals surface area contributed by atoms with Crippen molar-refractivity contribution >= 4 is 28.6 Å². The molecular weight excluding hydrogens is 499 g/mol. The number of hydrogen-bond acceptors (Lipinski definition) is 7. The van der Waals surface area contributed by atoms with Crippen LogP contribution in [-0.4, -0.2) is 48.5 Å². The highest BCUT2D eigenvalue weighted by Crippen LogP contribution is 2.36. The van der Waals surface area contributed by atoms with E-state index in [1.54, 1.807) is 13.2 Å². The van der Waals surface area contributed by atoms with Gasteiger partial charge < -0.3 is 9.64 Å². The Morgan fingerprint density at radius 1 is 1.19 bits per heavy atom. The minimum Gasteiger partial charge on any atom is -0.329 e. The molecule has 0 amide bonds. The van der Waals surface area contributed by atoms with Crippen molar-refractivity contribution in [3.8, 4) is 11.3 Å². The van der Waals surface area contributed by atoms with Gasteiger partial charge in [0.1, 0.15) is 35.5 Å². The summed E-state index contributed by atoms with van der Waals surface area (Å²) < 4.78 is 52.4. The molecule has 13 heteroatoms. The Morgan fingerprint density at radius 2 is 2.03 bits per heavy atom. The van der Waals surface area contributed by atoms with E-state index < -0.39 is 30.1 Å². The van der Waals surface area contributed by atoms with Crippen molar-refractivity contribution in [3.63, 3.8) is 0 Å². The van der Waals surface area contributed by atoms with Crippen molar-refractivity contribution in [2.24, 2.45) is 7.05 Å². The zero-order chi connectivity index (χ0) is 25.2. The van der Waals surface area contributed by atoms with E-state index in [1.165, 1.54) is 32.5 Å². The summed E-state index contributed by atoms with van der Waals surface area (Å²) in [4.78, 5) is 27.9. The van der Waals surface area contributed by atoms with E-state index in [2.05, 4.69) is 20.1 Å². The summed E-state index contributed by atoms with van der Waals surface area (Å²) in [6.07, 6.45) is -0.228. The van der Waals surface area contributed by atoms with Crippen LogP contribution in [0.2, 0.25) is 5.02 Å². The maximum Gasteiger partial charge on any atom is 0.373 e. The number of halogens is 4. The van der Waals surface area contributed by atoms with Gasteiger partial charge in [-0.05, 0) is 24.6 Å². The number of hydrogen-bond donors (Lipinski definition) is 0. The zero-order valence-electron chi connectivity index (χ0n) is 19.0. The highest BCUT2D eigenvalue weighted by molar-refractivity contribution is 6.30. The first-order chi connectivity index (χ1) is 17.2. The lowest BCUT2D eigenvalue weighted by Gasteiger charge is -2.37. The Morgan fingerprint density at radius 3 is 2.78 bits per heavy atom. The number of aryl methyl sites for hydroxylation is 2. The Bertz CT molecular complexity index is 1570. The molecule has 0 saturated carbocycles. The molecule has 1 fully saturated rings. The predicted octanol–water partition coefficient (Wildman–Crippen LogP) is 3.50. The molecule has 1 unspecified atom stereocenters. The summed E-state index contributed by atoms with van der Waals surface area (Å²) in [5, 5.41) is 4.21. The van der Waals surface area contributed by atoms with Crippen LogP contribution in [0.15, 0.2) is 35.4 Å². The fourth-order valence-corrected chi connectivity index (χ4v) is 4.82. The van der Waals surface area contributed by atoms with Crippen molar-refractivity contribution in [1.82, 2.24) is 29.3 Å². The molecule has 186 valence electrons. The summed E-state index contributed by atoms with van der Waals surface area (Å²) >= 11 is 5.93. The van der Waals surface area contributed by atoms with Crippen LogP contribution in [0.4, 0.5) is 19.1 Å². The van der Waals surface area contributed by atoms with Gasteiger partial charge in [0.05, 0.1) is 12.7 Å². The van der Waals surface area contributed by atoms with Crippen LogP contribution in [0.1, 0.15) is 23.9 Å². The van der Waals surface area contributed by atoms with Gasteiger partial charge in [0.15, 0.2) is 5.52 Å². The molecule has 1 aromatic carbocycles. The van der Waals surface area contributed by atoms with Crippen LogP contribution >= 0.6 is 11.6 Å². The minimum atomic E-state index is -3.53. The average molecular weight is 518 g/mol. The van der Waals surface area contributed by atoms with Gasteiger partial charge in [-0.2, -0.15) is 13.9 Å². The van der Waals surface area contributed by atoms with E-state index >= 15 is 4.39 Å². The molecule has 1 atom stereocenters. The molecule has 4 aromatic rings. The minimum absolute atomic E-state index is 0.0318. The molecule has 0 N–H and O–H groups in total. The third kappa shape index (κ3) is 3.90. The fraction of sp³-hybridized carbons (Fsp3) is 0.348. The highest BCUT2D eigenvalue weighted by atomic mass is 35.5. The Kier molecular flexibility index (Phi) is 5.27. The quantitative estimate of drug-likeness (QED) is 0.411. The van der Waals surface area contributed by atoms with Gasteiger partial charge in [-0.25, -0.2) is 19.3 Å². The SMILES string of the molecule is Cn1cc(C2CN(c3nc(-c4ccc(Cl)cc4F)c4nc5n(c(=O)c4n3)CCC5)CC(F)(F)O2)cn1. The van der Waals surface area contributed by atoms with E-state index in [0.29, 0.717) is 24.4 Å². The molecule has 0 aliphatic carbocycles. The standard InChI is InChI=1S/C23H19ClF3N7O2/c1-32-9-12(8-28-32)16-10-33(11-23(26,27)36-16)22-30-18(14-5-4-13(24)7-15(14)25)19-20(31-22)21(35)34-6-2-3-17(34)29-19/h4-5,7-9,16H,2-3,6,10-11H2,1H3. The molecule has 1 saturated heterocycles. The van der Waals surface area contributed by atoms with Crippen LogP contribution in [-0.2, 0) is 24.8 Å². The smallest absolute Gasteiger partial charge is 0.329 e. The first-order valence-corrected chi connectivity index (χ1v) is 11.6. The third-order valence-electron chi connectivity index (χ3n) is 6.30. The monoisotopic (exact) mass is 517 g/mol. The largest absolute Gasteiger partial charge is 0.373 e. The number of benzene rings is 1. The third-order valence-corrected chi connectivity index (χ3v) is 6.53. The number of rotatable bonds is 3. The fourth-order valence-electron chi connectivity index (χ4n) is 4.66. The molecule has 0 bridgehead atoms. The number of ether oxygens (including phenoxy) is 1. The van der Waals surface area contributed by atoms with Crippen molar-refractivity contribution in [1.29, 1.82) is 0 Å². The highest BCUT2D eigenvalue weighted by Gasteiger charge is 2.43. The van der Waals surface area contributed by atoms with E-state index in [1.807, 2.05) is 0 Å². The summed E-state index contributed by atoms with van der Waals surface area (Å²) in [6, 6.07) is 4.02. The van der Waals surface area contributed by atoms with Gasteiger partial charge in [0, 0.05) is 42.4 Å². The van der Waals surface area contributed by atoms with Gasteiger partial charge in [0.25, 0.3) is 5.56 Å². The van der Waals surface area contributed by atoms with Gasteiger partial charge in [-0.15, -0.1) is 0 Å². The second-order valence-electron chi connectivity index (χ2n) is 8.85. The Hall–Kier alpha value is -3.51. The molecule has 3 aromatic heterocycles. The Labute approximate surface area is 207 Å². The average Bonchev–Trinajstić information content (AvgIpc) is 3.47. The lowest BCUT2D eigenvalue weighted by Crippen LogP contribution is -2.48. The van der Waals surface area contributed by atoms with Gasteiger partial charge in [0.2, 0.25) is 5.95 Å². The summed E-state index contributed by atoms with van der Waals surface area (Å²) in [5.74, 6) is -0.286. The second kappa shape index (κ2) is 8.27. The van der Waals surface area contributed by atoms with Crippen molar-refractivity contribution in [3.05, 3.63) is 63.2 Å². The molecule has 2 aliphatic heterocycles. The number of anilines is 1. The summed E-state index contributed by atoms with van der Waals surface area (Å²) in [6.45, 7) is -0.410. The van der Waals surface area contributed by atoms with Crippen LogP contribution < -0.4 is 10.5 Å². The lowest BCUT2D eigenvalue weighted by molar-refractivity contribution is -0.269. The van der Waals surface area contributed by atoms with E-state index in [4.69, 9.17) is 16.3 Å². The summed E-state index contributed by atoms with van der Waals surface area (Å²) in [5.41, 5.74) is 0.141. The predicted molar refractivity (Wildman–Crippen MR) is 125 cm³/mol. The van der Waals surface area contributed by atoms with Gasteiger partial charge in [-0.3, -0.25) is 14.0 Å². The molecule has 2 aliphatic rings.